The van der Waals surface area contributed by atoms with Crippen LogP contribution in [0.3, 0.4) is 0 Å². The van der Waals surface area contributed by atoms with Crippen LogP contribution in [0.1, 0.15) is 70.8 Å². The molecule has 0 fully saturated rings. The van der Waals surface area contributed by atoms with Crippen molar-refractivity contribution in [1.29, 1.82) is 0 Å². The molecule has 3 heteroatoms. The second-order valence-corrected chi connectivity index (χ2v) is 8.45. The SMILES string of the molecule is CCCCCCN(CCCCCC)C(=O)Cc1c(-c2ccccc2)oc2ccccc12. The van der Waals surface area contributed by atoms with Gasteiger partial charge in [-0.05, 0) is 18.9 Å². The van der Waals surface area contributed by atoms with Crippen molar-refractivity contribution in [3.8, 4) is 11.3 Å². The number of nitrogens with zero attached hydrogens (tertiary/aromatic N) is 1. The Kier molecular flexibility index (Phi) is 9.20. The summed E-state index contributed by atoms with van der Waals surface area (Å²) in [4.78, 5) is 15.5. The molecule has 0 bridgehead atoms. The molecule has 1 amide bonds. The molecule has 1 aromatic heterocycles. The van der Waals surface area contributed by atoms with Gasteiger partial charge in [0.1, 0.15) is 11.3 Å². The van der Waals surface area contributed by atoms with Gasteiger partial charge in [-0.15, -0.1) is 0 Å². The molecule has 0 N–H and O–H groups in total. The van der Waals surface area contributed by atoms with Gasteiger partial charge in [0.25, 0.3) is 0 Å². The molecular weight excluding hydrogens is 382 g/mol. The number of furan rings is 1. The zero-order valence-electron chi connectivity index (χ0n) is 19.2. The van der Waals surface area contributed by atoms with E-state index in [9.17, 15) is 4.79 Å². The van der Waals surface area contributed by atoms with Gasteiger partial charge in [-0.2, -0.15) is 0 Å². The van der Waals surface area contributed by atoms with Crippen molar-refractivity contribution in [2.45, 2.75) is 71.6 Å². The lowest BCUT2D eigenvalue weighted by molar-refractivity contribution is -0.130. The number of hydrogen-bond donors (Lipinski definition) is 0. The van der Waals surface area contributed by atoms with Gasteiger partial charge in [0, 0.05) is 29.6 Å². The van der Waals surface area contributed by atoms with E-state index >= 15 is 0 Å². The molecule has 0 spiro atoms. The summed E-state index contributed by atoms with van der Waals surface area (Å²) in [5, 5.41) is 1.05. The van der Waals surface area contributed by atoms with Crippen molar-refractivity contribution in [3.63, 3.8) is 0 Å². The Morgan fingerprint density at radius 1 is 0.774 bits per heavy atom. The minimum Gasteiger partial charge on any atom is -0.456 e. The Hall–Kier alpha value is -2.55. The third kappa shape index (κ3) is 6.46. The van der Waals surface area contributed by atoms with Crippen LogP contribution in [0.5, 0.6) is 0 Å². The molecule has 0 aliphatic heterocycles. The number of fused-ring (bicyclic) bond motifs is 1. The predicted octanol–water partition coefficient (Wildman–Crippen LogP) is 7.63. The number of unbranched alkanes of at least 4 members (excludes halogenated alkanes) is 6. The molecule has 0 atom stereocenters. The third-order valence-electron chi connectivity index (χ3n) is 5.98. The van der Waals surface area contributed by atoms with E-state index in [0.717, 1.165) is 53.8 Å². The molecule has 0 radical (unpaired) electrons. The second-order valence-electron chi connectivity index (χ2n) is 8.45. The fraction of sp³-hybridized carbons (Fsp3) is 0.464. The van der Waals surface area contributed by atoms with Crippen LogP contribution in [0, 0.1) is 0 Å². The molecule has 0 aliphatic rings. The summed E-state index contributed by atoms with van der Waals surface area (Å²) in [6.07, 6.45) is 9.86. The molecule has 0 aliphatic carbocycles. The van der Waals surface area contributed by atoms with Gasteiger partial charge >= 0.3 is 0 Å². The Bertz CT molecular complexity index is 917. The minimum absolute atomic E-state index is 0.219. The topological polar surface area (TPSA) is 33.5 Å². The number of carbonyl (C=O) groups excluding carboxylic acids is 1. The number of hydrogen-bond acceptors (Lipinski definition) is 2. The van der Waals surface area contributed by atoms with Crippen molar-refractivity contribution >= 4 is 16.9 Å². The van der Waals surface area contributed by atoms with Crippen LogP contribution in [-0.4, -0.2) is 23.9 Å². The van der Waals surface area contributed by atoms with Gasteiger partial charge in [0.05, 0.1) is 6.42 Å². The molecule has 0 saturated carbocycles. The van der Waals surface area contributed by atoms with Crippen molar-refractivity contribution < 1.29 is 9.21 Å². The van der Waals surface area contributed by atoms with Crippen molar-refractivity contribution in [2.24, 2.45) is 0 Å². The van der Waals surface area contributed by atoms with Gasteiger partial charge < -0.3 is 9.32 Å². The van der Waals surface area contributed by atoms with Gasteiger partial charge in [-0.3, -0.25) is 4.79 Å². The van der Waals surface area contributed by atoms with E-state index < -0.39 is 0 Å². The number of carbonyl (C=O) groups is 1. The molecule has 166 valence electrons. The summed E-state index contributed by atoms with van der Waals surface area (Å²) in [6, 6.07) is 18.2. The van der Waals surface area contributed by atoms with E-state index in [4.69, 9.17) is 4.42 Å². The summed E-state index contributed by atoms with van der Waals surface area (Å²) >= 11 is 0. The van der Waals surface area contributed by atoms with Crippen LogP contribution >= 0.6 is 0 Å². The monoisotopic (exact) mass is 419 g/mol. The largest absolute Gasteiger partial charge is 0.456 e. The fourth-order valence-electron chi connectivity index (χ4n) is 4.18. The Labute approximate surface area is 187 Å². The summed E-state index contributed by atoms with van der Waals surface area (Å²) < 4.78 is 6.22. The fourth-order valence-corrected chi connectivity index (χ4v) is 4.18. The van der Waals surface area contributed by atoms with Crippen LogP contribution in [0.15, 0.2) is 59.0 Å². The molecule has 0 saturated heterocycles. The first kappa shape index (κ1) is 23.1. The highest BCUT2D eigenvalue weighted by atomic mass is 16.3. The zero-order valence-corrected chi connectivity index (χ0v) is 19.2. The average Bonchev–Trinajstić information content (AvgIpc) is 3.17. The zero-order chi connectivity index (χ0) is 21.9. The number of para-hydroxylation sites is 1. The summed E-state index contributed by atoms with van der Waals surface area (Å²) in [5.41, 5.74) is 2.89. The Morgan fingerprint density at radius 2 is 1.39 bits per heavy atom. The molecule has 3 aromatic rings. The first-order valence-electron chi connectivity index (χ1n) is 12.1. The van der Waals surface area contributed by atoms with Gasteiger partial charge in [-0.25, -0.2) is 0 Å². The smallest absolute Gasteiger partial charge is 0.227 e. The lowest BCUT2D eigenvalue weighted by atomic mass is 10.0. The van der Waals surface area contributed by atoms with Crippen LogP contribution < -0.4 is 0 Å². The quantitative estimate of drug-likeness (QED) is 0.267. The maximum atomic E-state index is 13.4. The first-order chi connectivity index (χ1) is 15.2. The molecule has 31 heavy (non-hydrogen) atoms. The van der Waals surface area contributed by atoms with E-state index in [0.29, 0.717) is 6.42 Å². The van der Waals surface area contributed by atoms with Gasteiger partial charge in [0.15, 0.2) is 0 Å². The normalized spacial score (nSPS) is 11.2. The van der Waals surface area contributed by atoms with E-state index in [1.807, 2.05) is 36.4 Å². The number of rotatable bonds is 13. The van der Waals surface area contributed by atoms with Crippen LogP contribution in [0.25, 0.3) is 22.3 Å². The molecule has 0 unspecified atom stereocenters. The maximum Gasteiger partial charge on any atom is 0.227 e. The molecule has 2 aromatic carbocycles. The van der Waals surface area contributed by atoms with Gasteiger partial charge in [0.2, 0.25) is 5.91 Å². The highest BCUT2D eigenvalue weighted by molar-refractivity contribution is 5.93. The minimum atomic E-state index is 0.219. The van der Waals surface area contributed by atoms with Crippen LogP contribution in [-0.2, 0) is 11.2 Å². The second kappa shape index (κ2) is 12.3. The standard InChI is InChI=1S/C28H37NO2/c1-3-5-7-14-20-29(21-15-8-6-4-2)27(30)22-25-24-18-12-13-19-26(24)31-28(25)23-16-10-9-11-17-23/h9-13,16-19H,3-8,14-15,20-22H2,1-2H3. The summed E-state index contributed by atoms with van der Waals surface area (Å²) in [7, 11) is 0. The molecule has 3 nitrogen and oxygen atoms in total. The van der Waals surface area contributed by atoms with Crippen molar-refractivity contribution in [3.05, 3.63) is 60.2 Å². The molecular formula is C28H37NO2. The average molecular weight is 420 g/mol. The van der Waals surface area contributed by atoms with E-state index in [1.54, 1.807) is 0 Å². The number of benzene rings is 2. The summed E-state index contributed by atoms with van der Waals surface area (Å²) in [5.74, 6) is 1.05. The highest BCUT2D eigenvalue weighted by Gasteiger charge is 2.21. The summed E-state index contributed by atoms with van der Waals surface area (Å²) in [6.45, 7) is 6.18. The first-order valence-corrected chi connectivity index (χ1v) is 12.1. The van der Waals surface area contributed by atoms with Crippen LogP contribution in [0.4, 0.5) is 0 Å². The van der Waals surface area contributed by atoms with E-state index in [2.05, 4.69) is 36.9 Å². The molecule has 1 heterocycles. The van der Waals surface area contributed by atoms with Gasteiger partial charge in [-0.1, -0.05) is 101 Å². The lowest BCUT2D eigenvalue weighted by Gasteiger charge is -2.23. The van der Waals surface area contributed by atoms with E-state index in [-0.39, 0.29) is 5.91 Å². The Morgan fingerprint density at radius 3 is 2.03 bits per heavy atom. The lowest BCUT2D eigenvalue weighted by Crippen LogP contribution is -2.34. The molecule has 3 rings (SSSR count). The predicted molar refractivity (Wildman–Crippen MR) is 130 cm³/mol. The Balaban J connectivity index is 1.81. The highest BCUT2D eigenvalue weighted by Crippen LogP contribution is 2.34. The van der Waals surface area contributed by atoms with Crippen molar-refractivity contribution in [2.75, 3.05) is 13.1 Å². The maximum absolute atomic E-state index is 13.4. The number of amides is 1. The van der Waals surface area contributed by atoms with Crippen LogP contribution in [0.2, 0.25) is 0 Å². The third-order valence-corrected chi connectivity index (χ3v) is 5.98. The van der Waals surface area contributed by atoms with E-state index in [1.165, 1.54) is 38.5 Å². The van der Waals surface area contributed by atoms with Crippen molar-refractivity contribution in [1.82, 2.24) is 4.90 Å².